The topological polar surface area (TPSA) is 95.1 Å². The lowest BCUT2D eigenvalue weighted by atomic mass is 9.67. The van der Waals surface area contributed by atoms with Crippen LogP contribution in [-0.4, -0.2) is 38.0 Å². The molecule has 2 aliphatic carbocycles. The molecule has 4 aliphatic rings. The van der Waals surface area contributed by atoms with Crippen LogP contribution in [0.4, 0.5) is 0 Å². The van der Waals surface area contributed by atoms with Gasteiger partial charge in [-0.2, -0.15) is 0 Å². The van der Waals surface area contributed by atoms with Crippen molar-refractivity contribution in [3.05, 3.63) is 119 Å². The maximum atomic E-state index is 13.4. The van der Waals surface area contributed by atoms with E-state index in [0.29, 0.717) is 38.0 Å². The third-order valence-electron chi connectivity index (χ3n) is 12.1. The van der Waals surface area contributed by atoms with Crippen molar-refractivity contribution in [2.75, 3.05) is 26.4 Å². The second-order valence-electron chi connectivity index (χ2n) is 15.2. The molecule has 8 heteroatoms. The molecule has 8 rings (SSSR count). The third kappa shape index (κ3) is 8.10. The minimum absolute atomic E-state index is 0.0101. The lowest BCUT2D eigenvalue weighted by Crippen LogP contribution is -2.50. The highest BCUT2D eigenvalue weighted by molar-refractivity contribution is 5.88. The van der Waals surface area contributed by atoms with E-state index in [9.17, 15) is 9.59 Å². The van der Waals surface area contributed by atoms with Gasteiger partial charge in [-0.3, -0.25) is 9.59 Å². The number of para-hydroxylation sites is 4. The van der Waals surface area contributed by atoms with Gasteiger partial charge in [0, 0.05) is 70.1 Å². The minimum Gasteiger partial charge on any atom is -0.494 e. The molecular formula is C48H58N2O6. The summed E-state index contributed by atoms with van der Waals surface area (Å²) in [5.74, 6) is 4.30. The Balaban J connectivity index is 0.000000172. The molecule has 8 atom stereocenters. The van der Waals surface area contributed by atoms with Crippen molar-refractivity contribution in [1.82, 2.24) is 10.6 Å². The normalized spacial score (nSPS) is 26.7. The van der Waals surface area contributed by atoms with E-state index in [-0.39, 0.29) is 47.8 Å². The standard InChI is InChI=1S/2C24H29NO3/c2*1-3-27-20-14-7-5-10-16(20)22-18-12-9-13-19(24(18)26)23(25-22)17-11-6-8-15-21(17)28-4-2/h2*5-8,10-11,14-15,18-19,22-23,25H,3-4,9,12-13H2,1-2H3/t2*18-,19+,22+,23-. The lowest BCUT2D eigenvalue weighted by molar-refractivity contribution is -0.136. The Labute approximate surface area is 332 Å². The third-order valence-corrected chi connectivity index (χ3v) is 12.1. The van der Waals surface area contributed by atoms with Gasteiger partial charge in [-0.05, 0) is 77.6 Å². The average molecular weight is 759 g/mol. The second kappa shape index (κ2) is 18.5. The first-order chi connectivity index (χ1) is 27.5. The first-order valence-corrected chi connectivity index (χ1v) is 20.9. The molecule has 4 aromatic rings. The van der Waals surface area contributed by atoms with Crippen LogP contribution in [0.1, 0.15) is 113 Å². The maximum Gasteiger partial charge on any atom is 0.142 e. The zero-order valence-corrected chi connectivity index (χ0v) is 33.4. The number of carbonyl (C=O) groups is 2. The molecule has 2 aliphatic heterocycles. The Morgan fingerprint density at radius 3 is 0.875 bits per heavy atom. The molecule has 8 nitrogen and oxygen atoms in total. The van der Waals surface area contributed by atoms with Gasteiger partial charge >= 0.3 is 0 Å². The number of fused-ring (bicyclic) bond motifs is 4. The highest BCUT2D eigenvalue weighted by Gasteiger charge is 2.49. The van der Waals surface area contributed by atoms with E-state index >= 15 is 0 Å². The molecule has 296 valence electrons. The first kappa shape index (κ1) is 39.6. The van der Waals surface area contributed by atoms with E-state index in [1.165, 1.54) is 0 Å². The molecule has 0 unspecified atom stereocenters. The Kier molecular flexibility index (Phi) is 13.1. The lowest BCUT2D eigenvalue weighted by Gasteiger charge is -2.45. The number of nitrogens with one attached hydrogen (secondary N) is 2. The smallest absolute Gasteiger partial charge is 0.142 e. The van der Waals surface area contributed by atoms with E-state index in [4.69, 9.17) is 18.9 Å². The number of benzene rings is 4. The summed E-state index contributed by atoms with van der Waals surface area (Å²) in [6, 6.07) is 32.3. The van der Waals surface area contributed by atoms with Gasteiger partial charge in [0.1, 0.15) is 34.6 Å². The summed E-state index contributed by atoms with van der Waals surface area (Å²) in [5, 5.41) is 7.67. The Morgan fingerprint density at radius 1 is 0.411 bits per heavy atom. The molecule has 0 amide bonds. The zero-order valence-electron chi connectivity index (χ0n) is 33.4. The molecule has 56 heavy (non-hydrogen) atoms. The van der Waals surface area contributed by atoms with Gasteiger partial charge in [0.15, 0.2) is 0 Å². The van der Waals surface area contributed by atoms with Crippen molar-refractivity contribution in [1.29, 1.82) is 0 Å². The van der Waals surface area contributed by atoms with Crippen LogP contribution >= 0.6 is 0 Å². The molecule has 2 saturated carbocycles. The van der Waals surface area contributed by atoms with Crippen LogP contribution in [0.15, 0.2) is 97.1 Å². The second-order valence-corrected chi connectivity index (χ2v) is 15.2. The number of ketones is 2. The number of hydrogen-bond acceptors (Lipinski definition) is 8. The van der Waals surface area contributed by atoms with Crippen LogP contribution in [0, 0.1) is 23.7 Å². The molecule has 0 aromatic heterocycles. The fourth-order valence-electron chi connectivity index (χ4n) is 9.73. The van der Waals surface area contributed by atoms with E-state index in [0.717, 1.165) is 83.8 Å². The van der Waals surface area contributed by atoms with Crippen LogP contribution in [-0.2, 0) is 9.59 Å². The summed E-state index contributed by atoms with van der Waals surface area (Å²) >= 11 is 0. The first-order valence-electron chi connectivity index (χ1n) is 20.9. The fourth-order valence-corrected chi connectivity index (χ4v) is 9.73. The van der Waals surface area contributed by atoms with Crippen LogP contribution in [0.2, 0.25) is 0 Å². The average Bonchev–Trinajstić information content (AvgIpc) is 3.20. The van der Waals surface area contributed by atoms with Gasteiger partial charge < -0.3 is 29.6 Å². The van der Waals surface area contributed by atoms with E-state index in [1.54, 1.807) is 0 Å². The molecule has 2 heterocycles. The number of ether oxygens (including phenoxy) is 4. The van der Waals surface area contributed by atoms with Gasteiger partial charge in [-0.1, -0.05) is 85.6 Å². The zero-order chi connectivity index (χ0) is 39.0. The maximum absolute atomic E-state index is 13.4. The Bertz CT molecular complexity index is 1680. The minimum atomic E-state index is -0.0357. The molecule has 2 saturated heterocycles. The number of Topliss-reactive ketones (excluding diaryl/α,β-unsaturated/α-hetero) is 2. The number of carbonyl (C=O) groups excluding carboxylic acids is 2. The molecule has 4 aromatic carbocycles. The summed E-state index contributed by atoms with van der Waals surface area (Å²) in [4.78, 5) is 26.8. The monoisotopic (exact) mass is 758 g/mol. The van der Waals surface area contributed by atoms with Crippen molar-refractivity contribution >= 4 is 11.6 Å². The Morgan fingerprint density at radius 2 is 0.643 bits per heavy atom. The summed E-state index contributed by atoms with van der Waals surface area (Å²) in [6.45, 7) is 10.4. The predicted octanol–water partition coefficient (Wildman–Crippen LogP) is 9.71. The van der Waals surface area contributed by atoms with Gasteiger partial charge in [-0.25, -0.2) is 0 Å². The van der Waals surface area contributed by atoms with Crippen LogP contribution in [0.5, 0.6) is 23.0 Å². The summed E-state index contributed by atoms with van der Waals surface area (Å²) in [7, 11) is 0. The van der Waals surface area contributed by atoms with Gasteiger partial charge in [0.05, 0.1) is 26.4 Å². The number of rotatable bonds is 12. The fraction of sp³-hybridized carbons (Fsp3) is 0.458. The number of piperidine rings is 2. The molecule has 4 fully saturated rings. The van der Waals surface area contributed by atoms with Crippen LogP contribution < -0.4 is 29.6 Å². The van der Waals surface area contributed by atoms with E-state index in [1.807, 2.05) is 100 Å². The van der Waals surface area contributed by atoms with Crippen molar-refractivity contribution in [2.24, 2.45) is 23.7 Å². The molecule has 0 spiro atoms. The van der Waals surface area contributed by atoms with Crippen molar-refractivity contribution < 1.29 is 28.5 Å². The highest BCUT2D eigenvalue weighted by Crippen LogP contribution is 2.50. The quantitative estimate of drug-likeness (QED) is 0.148. The van der Waals surface area contributed by atoms with Gasteiger partial charge in [0.2, 0.25) is 0 Å². The van der Waals surface area contributed by atoms with Crippen molar-refractivity contribution in [3.63, 3.8) is 0 Å². The molecule has 0 radical (unpaired) electrons. The predicted molar refractivity (Wildman–Crippen MR) is 219 cm³/mol. The SMILES string of the molecule is CCOc1ccccc1[C@H]1N[C@@H](c2ccccc2OCC)[C@H]2CCC[C@@H]1C2=O.CCOc1ccccc1[C@H]1N[C@@H](c2ccccc2OCC)[C@H]2CCC[C@@H]1C2=O. The largest absolute Gasteiger partial charge is 0.494 e. The molecular weight excluding hydrogens is 701 g/mol. The van der Waals surface area contributed by atoms with E-state index in [2.05, 4.69) is 34.9 Å². The summed E-state index contributed by atoms with van der Waals surface area (Å²) < 4.78 is 23.6. The Hall–Kier alpha value is -4.66. The van der Waals surface area contributed by atoms with E-state index < -0.39 is 0 Å². The van der Waals surface area contributed by atoms with Gasteiger partial charge in [0.25, 0.3) is 0 Å². The van der Waals surface area contributed by atoms with Gasteiger partial charge in [-0.15, -0.1) is 0 Å². The summed E-state index contributed by atoms with van der Waals surface area (Å²) in [5.41, 5.74) is 4.34. The van der Waals surface area contributed by atoms with Crippen LogP contribution in [0.25, 0.3) is 0 Å². The van der Waals surface area contributed by atoms with Crippen molar-refractivity contribution in [2.45, 2.75) is 90.4 Å². The molecule has 4 bridgehead atoms. The summed E-state index contributed by atoms with van der Waals surface area (Å²) in [6.07, 6.45) is 5.92. The highest BCUT2D eigenvalue weighted by atomic mass is 16.5. The molecule has 2 N–H and O–H groups in total. The number of hydrogen-bond donors (Lipinski definition) is 2. The van der Waals surface area contributed by atoms with Crippen molar-refractivity contribution in [3.8, 4) is 23.0 Å². The van der Waals surface area contributed by atoms with Crippen LogP contribution in [0.3, 0.4) is 0 Å².